The van der Waals surface area contributed by atoms with Gasteiger partial charge in [0.05, 0.1) is 23.8 Å². The summed E-state index contributed by atoms with van der Waals surface area (Å²) in [6, 6.07) is 19.4. The fourth-order valence-corrected chi connectivity index (χ4v) is 3.46. The molecule has 0 unspecified atom stereocenters. The van der Waals surface area contributed by atoms with Crippen molar-refractivity contribution in [1.29, 1.82) is 0 Å². The van der Waals surface area contributed by atoms with Gasteiger partial charge in [0.15, 0.2) is 5.78 Å². The highest BCUT2D eigenvalue weighted by atomic mass is 16.7. The van der Waals surface area contributed by atoms with Gasteiger partial charge in [-0.05, 0) is 38.0 Å². The second kappa shape index (κ2) is 6.98. The van der Waals surface area contributed by atoms with Crippen molar-refractivity contribution >= 4 is 11.5 Å². The van der Waals surface area contributed by atoms with Crippen molar-refractivity contribution in [3.63, 3.8) is 0 Å². The molecule has 1 aliphatic heterocycles. The number of rotatable bonds is 5. The highest BCUT2D eigenvalue weighted by Gasteiger charge is 2.50. The van der Waals surface area contributed by atoms with E-state index in [2.05, 4.69) is 0 Å². The Kier molecular flexibility index (Phi) is 4.93. The summed E-state index contributed by atoms with van der Waals surface area (Å²) in [7, 11) is 0. The number of para-hydroxylation sites is 1. The lowest BCUT2D eigenvalue weighted by Crippen LogP contribution is -2.42. The van der Waals surface area contributed by atoms with Crippen LogP contribution in [0.25, 0.3) is 0 Å². The third-order valence-electron chi connectivity index (χ3n) is 4.70. The number of hydroxylamine groups is 1. The van der Waals surface area contributed by atoms with Gasteiger partial charge in [0, 0.05) is 0 Å². The Balaban J connectivity index is 2.09. The number of hydrogen-bond donors (Lipinski definition) is 1. The van der Waals surface area contributed by atoms with Crippen LogP contribution in [0, 0.1) is 5.92 Å². The van der Waals surface area contributed by atoms with E-state index in [1.54, 1.807) is 13.8 Å². The maximum Gasteiger partial charge on any atom is 0.172 e. The number of ketones is 1. The summed E-state index contributed by atoms with van der Waals surface area (Å²) in [6.45, 7) is 5.11. The molecule has 1 saturated heterocycles. The molecular weight excluding hydrogens is 314 g/mol. The highest BCUT2D eigenvalue weighted by molar-refractivity contribution is 5.90. The molecule has 1 fully saturated rings. The molecular formula is C21H25NO3. The normalized spacial score (nSPS) is 23.7. The van der Waals surface area contributed by atoms with Gasteiger partial charge < -0.3 is 5.11 Å². The SMILES string of the molecule is CC[C@@H]1ON(c2ccccc2)[C@H](c2ccccc2)[C@H]1C(=O)C(C)(C)O. The quantitative estimate of drug-likeness (QED) is 0.897. The maximum atomic E-state index is 13.0. The molecule has 3 rings (SSSR count). The first-order valence-electron chi connectivity index (χ1n) is 8.76. The predicted molar refractivity (Wildman–Crippen MR) is 98.1 cm³/mol. The zero-order valence-corrected chi connectivity index (χ0v) is 14.9. The number of anilines is 1. The first kappa shape index (κ1) is 17.6. The molecule has 1 N–H and O–H groups in total. The Labute approximate surface area is 149 Å². The zero-order chi connectivity index (χ0) is 18.0. The van der Waals surface area contributed by atoms with Gasteiger partial charge in [-0.15, -0.1) is 0 Å². The summed E-state index contributed by atoms with van der Waals surface area (Å²) < 4.78 is 0. The average Bonchev–Trinajstić information content (AvgIpc) is 3.01. The lowest BCUT2D eigenvalue weighted by molar-refractivity contribution is -0.140. The highest BCUT2D eigenvalue weighted by Crippen LogP contribution is 2.44. The average molecular weight is 339 g/mol. The van der Waals surface area contributed by atoms with Gasteiger partial charge in [-0.1, -0.05) is 55.5 Å². The van der Waals surface area contributed by atoms with Crippen molar-refractivity contribution in [1.82, 2.24) is 0 Å². The van der Waals surface area contributed by atoms with Gasteiger partial charge in [-0.2, -0.15) is 0 Å². The summed E-state index contributed by atoms with van der Waals surface area (Å²) in [5.41, 5.74) is 0.506. The van der Waals surface area contributed by atoms with E-state index in [1.807, 2.05) is 72.7 Å². The van der Waals surface area contributed by atoms with Crippen LogP contribution in [0.2, 0.25) is 0 Å². The number of carbonyl (C=O) groups is 1. The Bertz CT molecular complexity index is 709. The summed E-state index contributed by atoms with van der Waals surface area (Å²) in [5.74, 6) is -0.626. The first-order valence-corrected chi connectivity index (χ1v) is 8.76. The lowest BCUT2D eigenvalue weighted by Gasteiger charge is -2.29. The number of Topliss-reactive ketones (excluding diaryl/α,β-unsaturated/α-hetero) is 1. The fraction of sp³-hybridized carbons (Fsp3) is 0.381. The molecule has 3 atom stereocenters. The zero-order valence-electron chi connectivity index (χ0n) is 14.9. The van der Waals surface area contributed by atoms with Crippen molar-refractivity contribution in [2.24, 2.45) is 5.92 Å². The first-order chi connectivity index (χ1) is 11.9. The standard InChI is InChI=1S/C21H25NO3/c1-4-17-18(20(23)21(2,3)24)19(15-11-7-5-8-12-15)22(25-17)16-13-9-6-10-14-16/h5-14,17-19,24H,4H2,1-3H3/t17-,18-,19+/m0/s1. The molecule has 0 spiro atoms. The van der Waals surface area contributed by atoms with E-state index in [0.717, 1.165) is 11.3 Å². The third kappa shape index (κ3) is 3.46. The molecule has 4 heteroatoms. The molecule has 0 aromatic heterocycles. The fourth-order valence-electron chi connectivity index (χ4n) is 3.46. The van der Waals surface area contributed by atoms with Crippen LogP contribution in [0.15, 0.2) is 60.7 Å². The Morgan fingerprint density at radius 2 is 1.64 bits per heavy atom. The molecule has 0 amide bonds. The molecule has 1 heterocycles. The van der Waals surface area contributed by atoms with E-state index in [9.17, 15) is 9.90 Å². The molecule has 1 aliphatic rings. The van der Waals surface area contributed by atoms with E-state index >= 15 is 0 Å². The summed E-state index contributed by atoms with van der Waals surface area (Å²) >= 11 is 0. The van der Waals surface area contributed by atoms with Gasteiger partial charge >= 0.3 is 0 Å². The molecule has 2 aromatic rings. The number of nitrogens with zero attached hydrogens (tertiary/aromatic N) is 1. The molecule has 0 bridgehead atoms. The summed E-state index contributed by atoms with van der Waals surface area (Å²) in [4.78, 5) is 19.2. The maximum absolute atomic E-state index is 13.0. The second-order valence-electron chi connectivity index (χ2n) is 7.02. The third-order valence-corrected chi connectivity index (χ3v) is 4.70. The largest absolute Gasteiger partial charge is 0.383 e. The summed E-state index contributed by atoms with van der Waals surface area (Å²) in [5, 5.41) is 12.2. The van der Waals surface area contributed by atoms with Crippen LogP contribution in [-0.4, -0.2) is 22.6 Å². The Morgan fingerprint density at radius 3 is 2.16 bits per heavy atom. The smallest absolute Gasteiger partial charge is 0.172 e. The predicted octanol–water partition coefficient (Wildman–Crippen LogP) is 3.91. The van der Waals surface area contributed by atoms with Crippen LogP contribution in [0.3, 0.4) is 0 Å². The van der Waals surface area contributed by atoms with E-state index in [-0.39, 0.29) is 17.9 Å². The minimum Gasteiger partial charge on any atom is -0.383 e. The topological polar surface area (TPSA) is 49.8 Å². The summed E-state index contributed by atoms with van der Waals surface area (Å²) in [6.07, 6.45) is 0.420. The lowest BCUT2D eigenvalue weighted by atomic mass is 9.80. The number of carbonyl (C=O) groups excluding carboxylic acids is 1. The van der Waals surface area contributed by atoms with Crippen LogP contribution in [0.5, 0.6) is 0 Å². The van der Waals surface area contributed by atoms with E-state index in [0.29, 0.717) is 6.42 Å². The minimum absolute atomic E-state index is 0.188. The van der Waals surface area contributed by atoms with Gasteiger partial charge in [0.25, 0.3) is 0 Å². The van der Waals surface area contributed by atoms with Gasteiger partial charge in [-0.25, -0.2) is 5.06 Å². The number of benzene rings is 2. The molecule has 0 aliphatic carbocycles. The van der Waals surface area contributed by atoms with Crippen LogP contribution in [0.4, 0.5) is 5.69 Å². The molecule has 0 saturated carbocycles. The van der Waals surface area contributed by atoms with Crippen LogP contribution in [-0.2, 0) is 9.63 Å². The molecule has 25 heavy (non-hydrogen) atoms. The second-order valence-corrected chi connectivity index (χ2v) is 7.02. The van der Waals surface area contributed by atoms with Crippen molar-refractivity contribution in [2.75, 3.05) is 5.06 Å². The van der Waals surface area contributed by atoms with Gasteiger partial charge in [0.2, 0.25) is 0 Å². The molecule has 2 aromatic carbocycles. The van der Waals surface area contributed by atoms with Crippen LogP contribution >= 0.6 is 0 Å². The van der Waals surface area contributed by atoms with E-state index < -0.39 is 11.5 Å². The van der Waals surface area contributed by atoms with Crippen LogP contribution in [0.1, 0.15) is 38.8 Å². The van der Waals surface area contributed by atoms with E-state index in [1.165, 1.54) is 0 Å². The Morgan fingerprint density at radius 1 is 1.08 bits per heavy atom. The van der Waals surface area contributed by atoms with E-state index in [4.69, 9.17) is 4.84 Å². The van der Waals surface area contributed by atoms with Crippen LogP contribution < -0.4 is 5.06 Å². The Hall–Kier alpha value is -2.17. The van der Waals surface area contributed by atoms with Crippen molar-refractivity contribution in [2.45, 2.75) is 44.9 Å². The minimum atomic E-state index is -1.40. The monoisotopic (exact) mass is 339 g/mol. The van der Waals surface area contributed by atoms with Crippen molar-refractivity contribution in [3.05, 3.63) is 66.2 Å². The molecule has 132 valence electrons. The van der Waals surface area contributed by atoms with Crippen molar-refractivity contribution in [3.8, 4) is 0 Å². The number of aliphatic hydroxyl groups is 1. The van der Waals surface area contributed by atoms with Crippen molar-refractivity contribution < 1.29 is 14.7 Å². The van der Waals surface area contributed by atoms with Gasteiger partial charge in [-0.3, -0.25) is 9.63 Å². The molecule has 4 nitrogen and oxygen atoms in total. The molecule has 0 radical (unpaired) electrons. The van der Waals surface area contributed by atoms with Gasteiger partial charge in [0.1, 0.15) is 5.60 Å². The number of hydrogen-bond acceptors (Lipinski definition) is 4.